The van der Waals surface area contributed by atoms with E-state index < -0.39 is 19.7 Å². The Hall–Kier alpha value is 0.760. The summed E-state index contributed by atoms with van der Waals surface area (Å²) in [4.78, 5) is 0. The largest absolute Gasteiger partial charge is 0.229 e. The maximum atomic E-state index is 11.6. The van der Waals surface area contributed by atoms with Crippen LogP contribution in [0, 0.1) is 0 Å². The number of sulfone groups is 2. The smallest absolute Gasteiger partial charge is 0.150 e. The van der Waals surface area contributed by atoms with Gasteiger partial charge in [0, 0.05) is 0 Å². The van der Waals surface area contributed by atoms with E-state index in [4.69, 9.17) is 0 Å². The lowest BCUT2D eigenvalue weighted by Crippen LogP contribution is -2.17. The second-order valence-electron chi connectivity index (χ2n) is 4.65. The van der Waals surface area contributed by atoms with Crippen molar-refractivity contribution in [1.29, 1.82) is 0 Å². The van der Waals surface area contributed by atoms with Crippen LogP contribution in [0.25, 0.3) is 0 Å². The molecule has 0 spiro atoms. The van der Waals surface area contributed by atoms with Crippen molar-refractivity contribution >= 4 is 38.2 Å². The van der Waals surface area contributed by atoms with Gasteiger partial charge < -0.3 is 0 Å². The van der Waals surface area contributed by atoms with Crippen molar-refractivity contribution in [3.8, 4) is 0 Å². The number of unbranched alkanes of at least 4 members (excludes halogenated alkanes) is 2. The SMILES string of the molecule is O=S(=O)(CCCCP)CCCS(=O)(=O)CCCCP. The first-order chi connectivity index (χ1) is 8.83. The highest BCUT2D eigenvalue weighted by Crippen LogP contribution is 2.05. The third-order valence-corrected chi connectivity index (χ3v) is 7.19. The molecule has 0 aromatic rings. The van der Waals surface area contributed by atoms with Gasteiger partial charge in [-0.05, 0) is 44.4 Å². The Labute approximate surface area is 122 Å². The molecule has 0 aliphatic carbocycles. The van der Waals surface area contributed by atoms with Gasteiger partial charge in [-0.1, -0.05) is 0 Å². The molecule has 0 saturated heterocycles. The molecule has 19 heavy (non-hydrogen) atoms. The van der Waals surface area contributed by atoms with E-state index in [0.717, 1.165) is 25.2 Å². The second-order valence-corrected chi connectivity index (χ2v) is 10.4. The molecule has 0 aromatic heterocycles. The van der Waals surface area contributed by atoms with E-state index in [1.807, 2.05) is 0 Å². The lowest BCUT2D eigenvalue weighted by atomic mass is 10.4. The molecule has 0 aromatic carbocycles. The molecule has 0 rings (SSSR count). The summed E-state index contributed by atoms with van der Waals surface area (Å²) in [6.07, 6.45) is 5.10. The van der Waals surface area contributed by atoms with Crippen LogP contribution in [0.3, 0.4) is 0 Å². The Morgan fingerprint density at radius 2 is 0.842 bits per heavy atom. The van der Waals surface area contributed by atoms with Crippen LogP contribution in [0.2, 0.25) is 0 Å². The lowest BCUT2D eigenvalue weighted by molar-refractivity contribution is 0.586. The Morgan fingerprint density at radius 3 is 1.16 bits per heavy atom. The van der Waals surface area contributed by atoms with Crippen molar-refractivity contribution in [3.05, 3.63) is 0 Å². The molecule has 0 aliphatic rings. The third-order valence-electron chi connectivity index (χ3n) is 2.73. The van der Waals surface area contributed by atoms with Crippen LogP contribution >= 0.6 is 18.5 Å². The minimum atomic E-state index is -3.08. The Bertz CT molecular complexity index is 378. The molecule has 2 atom stereocenters. The van der Waals surface area contributed by atoms with Crippen molar-refractivity contribution in [3.63, 3.8) is 0 Å². The molecule has 0 aliphatic heterocycles. The lowest BCUT2D eigenvalue weighted by Gasteiger charge is -2.05. The van der Waals surface area contributed by atoms with Crippen molar-refractivity contribution < 1.29 is 16.8 Å². The van der Waals surface area contributed by atoms with Crippen molar-refractivity contribution in [1.82, 2.24) is 0 Å². The first-order valence-corrected chi connectivity index (χ1v) is 11.9. The molecule has 0 N–H and O–H groups in total. The molecule has 2 unspecified atom stereocenters. The molecule has 4 nitrogen and oxygen atoms in total. The topological polar surface area (TPSA) is 68.3 Å². The average Bonchev–Trinajstić information content (AvgIpc) is 2.28. The first kappa shape index (κ1) is 19.8. The van der Waals surface area contributed by atoms with E-state index in [1.165, 1.54) is 0 Å². The van der Waals surface area contributed by atoms with E-state index in [9.17, 15) is 16.8 Å². The Morgan fingerprint density at radius 1 is 0.526 bits per heavy atom. The average molecular weight is 348 g/mol. The zero-order valence-corrected chi connectivity index (χ0v) is 15.3. The first-order valence-electron chi connectivity index (χ1n) is 6.64. The van der Waals surface area contributed by atoms with E-state index in [0.29, 0.717) is 12.8 Å². The van der Waals surface area contributed by atoms with Gasteiger partial charge in [-0.15, -0.1) is 18.5 Å². The Kier molecular flexibility index (Phi) is 10.9. The predicted molar refractivity (Wildman–Crippen MR) is 89.5 cm³/mol. The summed E-state index contributed by atoms with van der Waals surface area (Å²) in [5, 5.41) is 0. The Balaban J connectivity index is 3.94. The summed E-state index contributed by atoms with van der Waals surface area (Å²) >= 11 is 0. The van der Waals surface area contributed by atoms with Gasteiger partial charge in [0.2, 0.25) is 0 Å². The maximum absolute atomic E-state index is 11.6. The molecule has 0 amide bonds. The minimum absolute atomic E-state index is 0.00723. The normalized spacial score (nSPS) is 12.7. The molecule has 0 saturated carbocycles. The minimum Gasteiger partial charge on any atom is -0.229 e. The van der Waals surface area contributed by atoms with E-state index in [1.54, 1.807) is 0 Å². The summed E-state index contributed by atoms with van der Waals surface area (Å²) in [6.45, 7) is 0. The molecular weight excluding hydrogens is 322 g/mol. The standard InChI is InChI=1S/C11H26O4P2S2/c12-18(13,8-3-1-6-16)10-5-11-19(14,15)9-4-2-7-17/h1-11,16-17H2. The second kappa shape index (κ2) is 10.5. The van der Waals surface area contributed by atoms with E-state index in [-0.39, 0.29) is 29.4 Å². The van der Waals surface area contributed by atoms with E-state index >= 15 is 0 Å². The fraction of sp³-hybridized carbons (Fsp3) is 1.00. The number of hydrogen-bond donors (Lipinski definition) is 0. The van der Waals surface area contributed by atoms with Gasteiger partial charge in [0.15, 0.2) is 0 Å². The van der Waals surface area contributed by atoms with Crippen LogP contribution in [0.5, 0.6) is 0 Å². The fourth-order valence-electron chi connectivity index (χ4n) is 1.64. The van der Waals surface area contributed by atoms with Crippen molar-refractivity contribution in [2.45, 2.75) is 32.1 Å². The highest BCUT2D eigenvalue weighted by molar-refractivity contribution is 7.92. The molecule has 8 heteroatoms. The molecule has 116 valence electrons. The number of hydrogen-bond acceptors (Lipinski definition) is 4. The van der Waals surface area contributed by atoms with Crippen molar-refractivity contribution in [2.24, 2.45) is 0 Å². The van der Waals surface area contributed by atoms with Crippen LogP contribution in [0.1, 0.15) is 32.1 Å². The molecule has 0 bridgehead atoms. The quantitative estimate of drug-likeness (QED) is 0.396. The van der Waals surface area contributed by atoms with Crippen LogP contribution in [0.4, 0.5) is 0 Å². The predicted octanol–water partition coefficient (Wildman–Crippen LogP) is 1.52. The van der Waals surface area contributed by atoms with Gasteiger partial charge >= 0.3 is 0 Å². The summed E-state index contributed by atoms with van der Waals surface area (Å²) in [5.74, 6) is 0.336. The molecule has 0 fully saturated rings. The van der Waals surface area contributed by atoms with E-state index in [2.05, 4.69) is 18.5 Å². The fourth-order valence-corrected chi connectivity index (χ4v) is 5.26. The van der Waals surface area contributed by atoms with Gasteiger partial charge in [-0.2, -0.15) is 0 Å². The summed E-state index contributed by atoms with van der Waals surface area (Å²) < 4.78 is 46.6. The van der Waals surface area contributed by atoms with Crippen LogP contribution in [-0.2, 0) is 19.7 Å². The zero-order chi connectivity index (χ0) is 14.8. The van der Waals surface area contributed by atoms with Gasteiger partial charge in [0.25, 0.3) is 0 Å². The van der Waals surface area contributed by atoms with Gasteiger partial charge in [-0.25, -0.2) is 16.8 Å². The zero-order valence-electron chi connectivity index (χ0n) is 11.4. The van der Waals surface area contributed by atoms with Crippen molar-refractivity contribution in [2.75, 3.05) is 35.3 Å². The monoisotopic (exact) mass is 348 g/mol. The summed E-state index contributed by atoms with van der Waals surface area (Å²) in [5.41, 5.74) is 0. The van der Waals surface area contributed by atoms with Crippen LogP contribution in [0.15, 0.2) is 0 Å². The molecule has 0 heterocycles. The number of rotatable bonds is 12. The van der Waals surface area contributed by atoms with Gasteiger partial charge in [-0.3, -0.25) is 0 Å². The van der Waals surface area contributed by atoms with Crippen LogP contribution < -0.4 is 0 Å². The third kappa shape index (κ3) is 12.2. The molecular formula is C11H26O4P2S2. The summed E-state index contributed by atoms with van der Waals surface area (Å²) in [7, 11) is -1.02. The maximum Gasteiger partial charge on any atom is 0.150 e. The van der Waals surface area contributed by atoms with Gasteiger partial charge in [0.1, 0.15) is 19.7 Å². The van der Waals surface area contributed by atoms with Crippen LogP contribution in [-0.4, -0.2) is 52.2 Å². The molecule has 0 radical (unpaired) electrons. The summed E-state index contributed by atoms with van der Waals surface area (Å²) in [6, 6.07) is 0. The van der Waals surface area contributed by atoms with Gasteiger partial charge in [0.05, 0.1) is 23.0 Å². The highest BCUT2D eigenvalue weighted by atomic mass is 32.2. The highest BCUT2D eigenvalue weighted by Gasteiger charge is 2.14.